The Labute approximate surface area is 240 Å². The van der Waals surface area contributed by atoms with Crippen molar-refractivity contribution in [2.24, 2.45) is 0 Å². The lowest BCUT2D eigenvalue weighted by Gasteiger charge is -2.11. The Hall–Kier alpha value is -2.84. The SMILES string of the molecule is CCSc1nnc(NC(=O)CSc2nnc(CNC(=O)COc3ccc(Cl)cc3)n2-c2cccc(Cl)c2)s1. The molecule has 4 aromatic rings. The zero-order valence-corrected chi connectivity index (χ0v) is 23.9. The van der Waals surface area contributed by atoms with Gasteiger partial charge in [-0.1, -0.05) is 71.1 Å². The fourth-order valence-electron chi connectivity index (χ4n) is 3.02. The highest BCUT2D eigenvalue weighted by molar-refractivity contribution is 8.01. The predicted octanol–water partition coefficient (Wildman–Crippen LogP) is 4.96. The van der Waals surface area contributed by atoms with Gasteiger partial charge in [-0.3, -0.25) is 19.5 Å². The second-order valence-electron chi connectivity index (χ2n) is 7.38. The van der Waals surface area contributed by atoms with Crippen LogP contribution in [0.4, 0.5) is 5.13 Å². The molecule has 198 valence electrons. The molecule has 2 heterocycles. The first kappa shape index (κ1) is 28.2. The molecule has 4 rings (SSSR count). The highest BCUT2D eigenvalue weighted by Crippen LogP contribution is 2.27. The molecule has 0 aliphatic carbocycles. The van der Waals surface area contributed by atoms with Crippen LogP contribution in [0.3, 0.4) is 0 Å². The van der Waals surface area contributed by atoms with E-state index in [9.17, 15) is 9.59 Å². The van der Waals surface area contributed by atoms with Gasteiger partial charge in [-0.15, -0.1) is 20.4 Å². The van der Waals surface area contributed by atoms with Gasteiger partial charge in [0.15, 0.2) is 21.9 Å². The van der Waals surface area contributed by atoms with Gasteiger partial charge in [-0.2, -0.15) is 0 Å². The first-order valence-electron chi connectivity index (χ1n) is 11.2. The smallest absolute Gasteiger partial charge is 0.258 e. The second kappa shape index (κ2) is 13.8. The predicted molar refractivity (Wildman–Crippen MR) is 151 cm³/mol. The number of amides is 2. The number of carbonyl (C=O) groups excluding carboxylic acids is 2. The van der Waals surface area contributed by atoms with Crippen molar-refractivity contribution in [3.05, 3.63) is 64.4 Å². The van der Waals surface area contributed by atoms with E-state index in [4.69, 9.17) is 27.9 Å². The Bertz CT molecular complexity index is 1400. The Kier molecular flexibility index (Phi) is 10.2. The normalized spacial score (nSPS) is 10.8. The highest BCUT2D eigenvalue weighted by atomic mass is 35.5. The van der Waals surface area contributed by atoms with Crippen molar-refractivity contribution in [3.8, 4) is 11.4 Å². The van der Waals surface area contributed by atoms with E-state index < -0.39 is 0 Å². The van der Waals surface area contributed by atoms with Crippen LogP contribution in [0.1, 0.15) is 12.7 Å². The van der Waals surface area contributed by atoms with E-state index in [1.807, 2.05) is 13.0 Å². The molecule has 0 fully saturated rings. The van der Waals surface area contributed by atoms with Crippen LogP contribution in [-0.2, 0) is 16.1 Å². The molecule has 0 aliphatic rings. The molecule has 2 N–H and O–H groups in total. The first-order valence-corrected chi connectivity index (χ1v) is 14.7. The zero-order valence-electron chi connectivity index (χ0n) is 19.9. The molecule has 0 bridgehead atoms. The molecule has 0 unspecified atom stereocenters. The zero-order chi connectivity index (χ0) is 26.9. The van der Waals surface area contributed by atoms with Crippen molar-refractivity contribution < 1.29 is 14.3 Å². The van der Waals surface area contributed by atoms with Crippen LogP contribution >= 0.6 is 58.1 Å². The number of benzene rings is 2. The number of hydrogen-bond donors (Lipinski definition) is 2. The summed E-state index contributed by atoms with van der Waals surface area (Å²) in [6.07, 6.45) is 0. The average Bonchev–Trinajstić information content (AvgIpc) is 3.52. The van der Waals surface area contributed by atoms with Gasteiger partial charge in [0.2, 0.25) is 11.0 Å². The van der Waals surface area contributed by atoms with Crippen molar-refractivity contribution in [2.75, 3.05) is 23.4 Å². The lowest BCUT2D eigenvalue weighted by Crippen LogP contribution is -2.29. The third-order valence-electron chi connectivity index (χ3n) is 4.65. The molecule has 2 aromatic heterocycles. The molecule has 0 saturated heterocycles. The molecule has 2 aromatic carbocycles. The summed E-state index contributed by atoms with van der Waals surface area (Å²) in [7, 11) is 0. The van der Waals surface area contributed by atoms with Crippen LogP contribution in [-0.4, -0.2) is 54.9 Å². The Balaban J connectivity index is 1.40. The van der Waals surface area contributed by atoms with Crippen LogP contribution < -0.4 is 15.4 Å². The lowest BCUT2D eigenvalue weighted by atomic mass is 10.3. The second-order valence-corrected chi connectivity index (χ2v) is 11.7. The quantitative estimate of drug-likeness (QED) is 0.169. The van der Waals surface area contributed by atoms with E-state index >= 15 is 0 Å². The molecule has 2 amide bonds. The van der Waals surface area contributed by atoms with Crippen molar-refractivity contribution in [3.63, 3.8) is 0 Å². The molecule has 0 saturated carbocycles. The third kappa shape index (κ3) is 8.08. The number of rotatable bonds is 12. The summed E-state index contributed by atoms with van der Waals surface area (Å²) in [6, 6.07) is 13.8. The topological polar surface area (TPSA) is 124 Å². The standard InChI is InChI=1S/C23H21Cl2N7O3S3/c1-2-36-23-31-29-21(38-23)27-20(34)13-37-22-30-28-18(32(22)16-5-3-4-15(25)10-16)11-26-19(33)12-35-17-8-6-14(24)7-9-17/h3-10H,2,11-13H2,1H3,(H,26,33)(H,27,29,34). The molecule has 0 spiro atoms. The van der Waals surface area contributed by atoms with E-state index in [1.165, 1.54) is 23.1 Å². The fraction of sp³-hybridized carbons (Fsp3) is 0.217. The van der Waals surface area contributed by atoms with Crippen molar-refractivity contribution in [1.29, 1.82) is 0 Å². The van der Waals surface area contributed by atoms with Crippen molar-refractivity contribution in [2.45, 2.75) is 23.0 Å². The Morgan fingerprint density at radius 1 is 1.00 bits per heavy atom. The number of ether oxygens (including phenoxy) is 1. The maximum Gasteiger partial charge on any atom is 0.258 e. The van der Waals surface area contributed by atoms with E-state index in [0.29, 0.717) is 37.6 Å². The van der Waals surface area contributed by atoms with Gasteiger partial charge >= 0.3 is 0 Å². The number of thioether (sulfide) groups is 2. The minimum atomic E-state index is -0.341. The fourth-order valence-corrected chi connectivity index (χ4v) is 5.77. The number of nitrogens with one attached hydrogen (secondary N) is 2. The summed E-state index contributed by atoms with van der Waals surface area (Å²) in [5.74, 6) is 1.32. The Morgan fingerprint density at radius 2 is 1.82 bits per heavy atom. The summed E-state index contributed by atoms with van der Waals surface area (Å²) >= 11 is 16.2. The van der Waals surface area contributed by atoms with E-state index in [-0.39, 0.29) is 30.7 Å². The third-order valence-corrected chi connectivity index (χ3v) is 7.92. The summed E-state index contributed by atoms with van der Waals surface area (Å²) in [6.45, 7) is 1.92. The number of hydrogen-bond acceptors (Lipinski definition) is 10. The summed E-state index contributed by atoms with van der Waals surface area (Å²) in [5, 5.41) is 24.0. The van der Waals surface area contributed by atoms with Gasteiger partial charge in [-0.25, -0.2) is 0 Å². The molecular weight excluding hydrogens is 589 g/mol. The van der Waals surface area contributed by atoms with Crippen LogP contribution in [0.15, 0.2) is 58.0 Å². The minimum Gasteiger partial charge on any atom is -0.484 e. The maximum atomic E-state index is 12.5. The van der Waals surface area contributed by atoms with E-state index in [2.05, 4.69) is 31.0 Å². The van der Waals surface area contributed by atoms with Gasteiger partial charge in [0.05, 0.1) is 18.0 Å². The minimum absolute atomic E-state index is 0.0653. The number of anilines is 1. The molecule has 38 heavy (non-hydrogen) atoms. The molecule has 0 atom stereocenters. The summed E-state index contributed by atoms with van der Waals surface area (Å²) in [4.78, 5) is 24.9. The van der Waals surface area contributed by atoms with Gasteiger partial charge in [-0.05, 0) is 48.2 Å². The summed E-state index contributed by atoms with van der Waals surface area (Å²) in [5.41, 5.74) is 0.692. The van der Waals surface area contributed by atoms with Gasteiger partial charge in [0, 0.05) is 10.0 Å². The van der Waals surface area contributed by atoms with E-state index in [1.54, 1.807) is 58.8 Å². The van der Waals surface area contributed by atoms with Crippen molar-refractivity contribution in [1.82, 2.24) is 30.3 Å². The molecule has 0 radical (unpaired) electrons. The van der Waals surface area contributed by atoms with Crippen LogP contribution in [0, 0.1) is 0 Å². The lowest BCUT2D eigenvalue weighted by molar-refractivity contribution is -0.123. The van der Waals surface area contributed by atoms with Gasteiger partial charge < -0.3 is 10.1 Å². The summed E-state index contributed by atoms with van der Waals surface area (Å²) < 4.78 is 8.02. The van der Waals surface area contributed by atoms with Crippen LogP contribution in [0.25, 0.3) is 5.69 Å². The number of carbonyl (C=O) groups is 2. The highest BCUT2D eigenvalue weighted by Gasteiger charge is 2.18. The van der Waals surface area contributed by atoms with E-state index in [0.717, 1.165) is 10.1 Å². The van der Waals surface area contributed by atoms with Gasteiger partial charge in [0.25, 0.3) is 5.91 Å². The monoisotopic (exact) mass is 609 g/mol. The number of aromatic nitrogens is 5. The molecule has 10 nitrogen and oxygen atoms in total. The van der Waals surface area contributed by atoms with Crippen LogP contribution in [0.5, 0.6) is 5.75 Å². The number of nitrogens with zero attached hydrogens (tertiary/aromatic N) is 5. The molecule has 15 heteroatoms. The number of halogens is 2. The molecular formula is C23H21Cl2N7O3S3. The maximum absolute atomic E-state index is 12.5. The Morgan fingerprint density at radius 3 is 2.58 bits per heavy atom. The van der Waals surface area contributed by atoms with Crippen molar-refractivity contribution >= 4 is 75.0 Å². The largest absolute Gasteiger partial charge is 0.484 e. The van der Waals surface area contributed by atoms with Gasteiger partial charge in [0.1, 0.15) is 5.75 Å². The first-order chi connectivity index (χ1) is 18.4. The average molecular weight is 611 g/mol. The molecule has 0 aliphatic heterocycles. The van der Waals surface area contributed by atoms with Crippen LogP contribution in [0.2, 0.25) is 10.0 Å².